The lowest BCUT2D eigenvalue weighted by molar-refractivity contribution is 0.146. The van der Waals surface area contributed by atoms with Gasteiger partial charge in [0.1, 0.15) is 0 Å². The monoisotopic (exact) mass is 219 g/mol. The first-order valence-corrected chi connectivity index (χ1v) is 6.04. The third kappa shape index (κ3) is 2.65. The van der Waals surface area contributed by atoms with Crippen LogP contribution in [0.5, 0.6) is 0 Å². The van der Waals surface area contributed by atoms with E-state index in [2.05, 4.69) is 70.6 Å². The Kier molecular flexibility index (Phi) is 4.15. The molecule has 1 heteroatoms. The highest BCUT2D eigenvalue weighted by Gasteiger charge is 2.38. The van der Waals surface area contributed by atoms with Crippen LogP contribution < -0.4 is 0 Å². The summed E-state index contributed by atoms with van der Waals surface area (Å²) in [6.45, 7) is 11.0. The van der Waals surface area contributed by atoms with Gasteiger partial charge in [0.15, 0.2) is 0 Å². The molecule has 0 aromatic carbocycles. The van der Waals surface area contributed by atoms with Crippen molar-refractivity contribution in [2.24, 2.45) is 11.3 Å². The molecule has 2 atom stereocenters. The highest BCUT2D eigenvalue weighted by Crippen LogP contribution is 2.42. The Labute approximate surface area is 101 Å². The smallest absolute Gasteiger partial charge is 0.0345 e. The fourth-order valence-electron chi connectivity index (χ4n) is 2.72. The number of rotatable bonds is 3. The second-order valence-corrected chi connectivity index (χ2v) is 5.63. The molecule has 0 amide bonds. The molecule has 0 aromatic rings. The summed E-state index contributed by atoms with van der Waals surface area (Å²) in [6, 6.07) is 0.465. The van der Waals surface area contributed by atoms with E-state index in [1.165, 1.54) is 5.57 Å². The number of nitrogens with zero attached hydrogens (tertiary/aromatic N) is 1. The van der Waals surface area contributed by atoms with Crippen LogP contribution in [-0.2, 0) is 0 Å². The molecular formula is C15H25N. The molecule has 2 unspecified atom stereocenters. The van der Waals surface area contributed by atoms with Crippen LogP contribution in [-0.4, -0.2) is 25.0 Å². The zero-order chi connectivity index (χ0) is 12.3. The molecule has 0 radical (unpaired) electrons. The minimum Gasteiger partial charge on any atom is -0.302 e. The van der Waals surface area contributed by atoms with E-state index in [1.807, 2.05) is 0 Å². The molecule has 0 aliphatic heterocycles. The van der Waals surface area contributed by atoms with Gasteiger partial charge in [0.25, 0.3) is 0 Å². The van der Waals surface area contributed by atoms with E-state index in [1.54, 1.807) is 0 Å². The SMILES string of the molecule is C=C(/C=C/C)C1C(N(C)C)C=CCC1(C)C. The molecule has 0 saturated heterocycles. The molecular weight excluding hydrogens is 194 g/mol. The first-order chi connectivity index (χ1) is 7.40. The van der Waals surface area contributed by atoms with Gasteiger partial charge in [-0.15, -0.1) is 0 Å². The van der Waals surface area contributed by atoms with Gasteiger partial charge in [-0.3, -0.25) is 0 Å². The lowest BCUT2D eigenvalue weighted by Gasteiger charge is -2.44. The van der Waals surface area contributed by atoms with Crippen LogP contribution in [0.1, 0.15) is 27.2 Å². The molecule has 0 aromatic heterocycles. The largest absolute Gasteiger partial charge is 0.302 e. The Hall–Kier alpha value is -0.820. The quantitative estimate of drug-likeness (QED) is 0.517. The van der Waals surface area contributed by atoms with Crippen molar-refractivity contribution in [3.05, 3.63) is 36.5 Å². The normalized spacial score (nSPS) is 28.9. The number of hydrogen-bond acceptors (Lipinski definition) is 1. The van der Waals surface area contributed by atoms with Gasteiger partial charge in [-0.1, -0.05) is 50.3 Å². The summed E-state index contributed by atoms with van der Waals surface area (Å²) in [5.41, 5.74) is 1.54. The van der Waals surface area contributed by atoms with Gasteiger partial charge in [0.05, 0.1) is 0 Å². The van der Waals surface area contributed by atoms with E-state index in [0.717, 1.165) is 6.42 Å². The van der Waals surface area contributed by atoms with Gasteiger partial charge in [0.2, 0.25) is 0 Å². The topological polar surface area (TPSA) is 3.24 Å². The zero-order valence-electron chi connectivity index (χ0n) is 11.3. The average Bonchev–Trinajstić information content (AvgIpc) is 2.15. The fourth-order valence-corrected chi connectivity index (χ4v) is 2.72. The Morgan fingerprint density at radius 3 is 2.56 bits per heavy atom. The maximum absolute atomic E-state index is 4.25. The van der Waals surface area contributed by atoms with Crippen LogP contribution >= 0.6 is 0 Å². The van der Waals surface area contributed by atoms with E-state index < -0.39 is 0 Å². The molecule has 0 fully saturated rings. The third-order valence-electron chi connectivity index (χ3n) is 3.54. The number of hydrogen-bond donors (Lipinski definition) is 0. The van der Waals surface area contributed by atoms with Crippen molar-refractivity contribution < 1.29 is 0 Å². The molecule has 1 aliphatic rings. The summed E-state index contributed by atoms with van der Waals surface area (Å²) in [5, 5.41) is 0. The highest BCUT2D eigenvalue weighted by atomic mass is 15.1. The molecule has 0 saturated carbocycles. The van der Waals surface area contributed by atoms with Crippen molar-refractivity contribution in [1.82, 2.24) is 4.90 Å². The van der Waals surface area contributed by atoms with E-state index in [-0.39, 0.29) is 0 Å². The van der Waals surface area contributed by atoms with E-state index in [9.17, 15) is 0 Å². The summed E-state index contributed by atoms with van der Waals surface area (Å²) >= 11 is 0. The lowest BCUT2D eigenvalue weighted by Crippen LogP contribution is -2.44. The maximum atomic E-state index is 4.25. The second-order valence-electron chi connectivity index (χ2n) is 5.63. The predicted molar refractivity (Wildman–Crippen MR) is 72.5 cm³/mol. The Morgan fingerprint density at radius 2 is 2.06 bits per heavy atom. The number of allylic oxidation sites excluding steroid dienone is 3. The predicted octanol–water partition coefficient (Wildman–Crippen LogP) is 3.65. The molecule has 1 nitrogen and oxygen atoms in total. The molecule has 1 aliphatic carbocycles. The standard InChI is InChI=1S/C15H25N/c1-7-9-12(2)14-13(16(5)6)10-8-11-15(14,3)4/h7-10,13-14H,2,11H2,1,3-6H3/b9-7+. The molecule has 1 rings (SSSR count). The average molecular weight is 219 g/mol. The van der Waals surface area contributed by atoms with Crippen LogP contribution in [0.2, 0.25) is 0 Å². The van der Waals surface area contributed by atoms with Crippen molar-refractivity contribution in [2.45, 2.75) is 33.2 Å². The van der Waals surface area contributed by atoms with Crippen LogP contribution in [0, 0.1) is 11.3 Å². The lowest BCUT2D eigenvalue weighted by atomic mass is 9.66. The van der Waals surface area contributed by atoms with Crippen LogP contribution in [0.25, 0.3) is 0 Å². The first kappa shape index (κ1) is 13.2. The zero-order valence-corrected chi connectivity index (χ0v) is 11.3. The third-order valence-corrected chi connectivity index (χ3v) is 3.54. The van der Waals surface area contributed by atoms with Gasteiger partial charge >= 0.3 is 0 Å². The molecule has 16 heavy (non-hydrogen) atoms. The van der Waals surface area contributed by atoms with Gasteiger partial charge in [-0.25, -0.2) is 0 Å². The summed E-state index contributed by atoms with van der Waals surface area (Å²) < 4.78 is 0. The van der Waals surface area contributed by atoms with Gasteiger partial charge < -0.3 is 4.90 Å². The van der Waals surface area contributed by atoms with Crippen molar-refractivity contribution >= 4 is 0 Å². The minimum absolute atomic E-state index is 0.292. The van der Waals surface area contributed by atoms with Gasteiger partial charge in [0, 0.05) is 12.0 Å². The van der Waals surface area contributed by atoms with E-state index >= 15 is 0 Å². The van der Waals surface area contributed by atoms with Crippen LogP contribution in [0.4, 0.5) is 0 Å². The molecule has 0 spiro atoms. The number of likely N-dealkylation sites (N-methyl/N-ethyl adjacent to an activating group) is 1. The summed E-state index contributed by atoms with van der Waals surface area (Å²) in [6.07, 6.45) is 10.0. The highest BCUT2D eigenvalue weighted by molar-refractivity contribution is 5.26. The molecule has 90 valence electrons. The second kappa shape index (κ2) is 5.01. The molecule has 0 heterocycles. The van der Waals surface area contributed by atoms with Crippen molar-refractivity contribution in [3.8, 4) is 0 Å². The van der Waals surface area contributed by atoms with Crippen LogP contribution in [0.3, 0.4) is 0 Å². The Balaban J connectivity index is 3.05. The molecule has 0 N–H and O–H groups in total. The van der Waals surface area contributed by atoms with E-state index in [0.29, 0.717) is 17.4 Å². The molecule has 0 bridgehead atoms. The summed E-state index contributed by atoms with van der Waals surface area (Å²) in [5.74, 6) is 0.503. The maximum Gasteiger partial charge on any atom is 0.0345 e. The summed E-state index contributed by atoms with van der Waals surface area (Å²) in [4.78, 5) is 2.29. The van der Waals surface area contributed by atoms with Crippen molar-refractivity contribution in [3.63, 3.8) is 0 Å². The van der Waals surface area contributed by atoms with Gasteiger partial charge in [-0.05, 0) is 32.9 Å². The van der Waals surface area contributed by atoms with Crippen molar-refractivity contribution in [2.75, 3.05) is 14.1 Å². The minimum atomic E-state index is 0.292. The van der Waals surface area contributed by atoms with E-state index in [4.69, 9.17) is 0 Å². The first-order valence-electron chi connectivity index (χ1n) is 6.04. The Bertz CT molecular complexity index is 307. The van der Waals surface area contributed by atoms with Crippen LogP contribution in [0.15, 0.2) is 36.5 Å². The summed E-state index contributed by atoms with van der Waals surface area (Å²) in [7, 11) is 4.29. The van der Waals surface area contributed by atoms with Crippen molar-refractivity contribution in [1.29, 1.82) is 0 Å². The fraction of sp³-hybridized carbons (Fsp3) is 0.600. The Morgan fingerprint density at radius 1 is 1.44 bits per heavy atom. The van der Waals surface area contributed by atoms with Gasteiger partial charge in [-0.2, -0.15) is 0 Å².